The molecule has 108 valence electrons. The van der Waals surface area contributed by atoms with E-state index in [1.165, 1.54) is 0 Å². The number of nitrogens with two attached hydrogens (primary N) is 1. The smallest absolute Gasteiger partial charge is 0.209 e. The number of rotatable bonds is 4. The monoisotopic (exact) mass is 275 g/mol. The molecule has 0 saturated carbocycles. The summed E-state index contributed by atoms with van der Waals surface area (Å²) >= 11 is 0. The van der Waals surface area contributed by atoms with Crippen molar-refractivity contribution in [1.29, 1.82) is 0 Å². The summed E-state index contributed by atoms with van der Waals surface area (Å²) in [6.45, 7) is 3.57. The summed E-state index contributed by atoms with van der Waals surface area (Å²) in [5.41, 5.74) is 8.08. The van der Waals surface area contributed by atoms with Gasteiger partial charge in [0.25, 0.3) is 0 Å². The lowest BCUT2D eigenvalue weighted by molar-refractivity contribution is 0.0541. The summed E-state index contributed by atoms with van der Waals surface area (Å²) in [5.74, 6) is 1.47. The number of nitrogen functional groups attached to an aromatic ring is 1. The summed E-state index contributed by atoms with van der Waals surface area (Å²) in [5, 5.41) is 0. The number of aromatic nitrogens is 1. The van der Waals surface area contributed by atoms with Gasteiger partial charge in [-0.2, -0.15) is 0 Å². The topological polar surface area (TPSA) is 64.5 Å². The number of anilines is 1. The van der Waals surface area contributed by atoms with Crippen molar-refractivity contribution in [2.45, 2.75) is 19.4 Å². The van der Waals surface area contributed by atoms with E-state index in [0.29, 0.717) is 11.6 Å². The summed E-state index contributed by atoms with van der Waals surface area (Å²) in [6, 6.07) is 5.57. The lowest BCUT2D eigenvalue weighted by atomic mass is 10.00. The van der Waals surface area contributed by atoms with Crippen molar-refractivity contribution in [3.05, 3.63) is 24.1 Å². The van der Waals surface area contributed by atoms with Gasteiger partial charge in [0.1, 0.15) is 5.52 Å². The lowest BCUT2D eigenvalue weighted by Crippen LogP contribution is -2.29. The summed E-state index contributed by atoms with van der Waals surface area (Å²) in [7, 11) is 2.11. The van der Waals surface area contributed by atoms with Gasteiger partial charge in [0.2, 0.25) is 5.89 Å². The Bertz CT molecular complexity index is 576. The van der Waals surface area contributed by atoms with Crippen LogP contribution in [0.5, 0.6) is 0 Å². The van der Waals surface area contributed by atoms with E-state index in [1.807, 2.05) is 18.2 Å². The van der Waals surface area contributed by atoms with Crippen LogP contribution in [0.25, 0.3) is 11.1 Å². The Morgan fingerprint density at radius 2 is 2.15 bits per heavy atom. The fraction of sp³-hybridized carbons (Fsp3) is 0.533. The van der Waals surface area contributed by atoms with Crippen molar-refractivity contribution in [3.63, 3.8) is 0 Å². The van der Waals surface area contributed by atoms with Crippen molar-refractivity contribution < 1.29 is 9.15 Å². The fourth-order valence-electron chi connectivity index (χ4n) is 2.72. The third kappa shape index (κ3) is 3.11. The van der Waals surface area contributed by atoms with Gasteiger partial charge in [-0.3, -0.25) is 4.90 Å². The van der Waals surface area contributed by atoms with Crippen LogP contribution in [0, 0.1) is 5.92 Å². The average molecular weight is 275 g/mol. The van der Waals surface area contributed by atoms with Crippen molar-refractivity contribution in [2.75, 3.05) is 32.5 Å². The number of hydrogen-bond donors (Lipinski definition) is 1. The van der Waals surface area contributed by atoms with Gasteiger partial charge in [-0.15, -0.1) is 0 Å². The molecule has 0 radical (unpaired) electrons. The van der Waals surface area contributed by atoms with E-state index < -0.39 is 0 Å². The molecular weight excluding hydrogens is 254 g/mol. The Balaban J connectivity index is 1.63. The van der Waals surface area contributed by atoms with Gasteiger partial charge in [0.05, 0.1) is 6.54 Å². The minimum atomic E-state index is 0.704. The minimum Gasteiger partial charge on any atom is -0.439 e. The maximum atomic E-state index is 5.75. The van der Waals surface area contributed by atoms with E-state index in [1.54, 1.807) is 0 Å². The second kappa shape index (κ2) is 5.81. The molecule has 0 unspecified atom stereocenters. The zero-order valence-corrected chi connectivity index (χ0v) is 11.8. The van der Waals surface area contributed by atoms with Crippen molar-refractivity contribution in [3.8, 4) is 0 Å². The van der Waals surface area contributed by atoms with E-state index >= 15 is 0 Å². The van der Waals surface area contributed by atoms with E-state index in [9.17, 15) is 0 Å². The molecule has 0 atom stereocenters. The van der Waals surface area contributed by atoms with Gasteiger partial charge in [0, 0.05) is 31.5 Å². The van der Waals surface area contributed by atoms with E-state index in [4.69, 9.17) is 14.9 Å². The second-order valence-corrected chi connectivity index (χ2v) is 5.59. The molecule has 2 N–H and O–H groups in total. The highest BCUT2D eigenvalue weighted by molar-refractivity contribution is 5.76. The molecule has 1 aliphatic heterocycles. The Kier molecular flexibility index (Phi) is 3.89. The Hall–Kier alpha value is -1.59. The zero-order chi connectivity index (χ0) is 13.9. The number of ether oxygens (including phenoxy) is 1. The van der Waals surface area contributed by atoms with Crippen LogP contribution < -0.4 is 5.73 Å². The standard InChI is InChI=1S/C15H21N3O2/c1-18(9-11-4-6-19-7-5-11)10-15-17-13-3-2-12(16)8-14(13)20-15/h2-3,8,11H,4-7,9-10,16H2,1H3. The van der Waals surface area contributed by atoms with Crippen LogP contribution in [0.1, 0.15) is 18.7 Å². The third-order valence-electron chi connectivity index (χ3n) is 3.77. The summed E-state index contributed by atoms with van der Waals surface area (Å²) in [6.07, 6.45) is 2.29. The number of oxazole rings is 1. The Morgan fingerprint density at radius 3 is 2.95 bits per heavy atom. The number of fused-ring (bicyclic) bond motifs is 1. The van der Waals surface area contributed by atoms with Crippen LogP contribution in [-0.4, -0.2) is 36.7 Å². The van der Waals surface area contributed by atoms with Gasteiger partial charge < -0.3 is 14.9 Å². The molecule has 1 aromatic heterocycles. The molecule has 0 bridgehead atoms. The highest BCUT2D eigenvalue weighted by Gasteiger charge is 2.17. The predicted molar refractivity (Wildman–Crippen MR) is 78.3 cm³/mol. The number of hydrogen-bond acceptors (Lipinski definition) is 5. The highest BCUT2D eigenvalue weighted by Crippen LogP contribution is 2.20. The second-order valence-electron chi connectivity index (χ2n) is 5.59. The molecular formula is C15H21N3O2. The number of benzene rings is 1. The summed E-state index contributed by atoms with van der Waals surface area (Å²) < 4.78 is 11.1. The van der Waals surface area contributed by atoms with Crippen molar-refractivity contribution in [1.82, 2.24) is 9.88 Å². The molecule has 3 rings (SSSR count). The molecule has 1 aliphatic rings. The van der Waals surface area contributed by atoms with Crippen LogP contribution >= 0.6 is 0 Å². The molecule has 0 amide bonds. The van der Waals surface area contributed by atoms with Crippen molar-refractivity contribution >= 4 is 16.8 Å². The van der Waals surface area contributed by atoms with E-state index in [2.05, 4.69) is 16.9 Å². The van der Waals surface area contributed by atoms with Crippen LogP contribution in [0.2, 0.25) is 0 Å². The van der Waals surface area contributed by atoms with E-state index in [-0.39, 0.29) is 0 Å². The quantitative estimate of drug-likeness (QED) is 0.867. The highest BCUT2D eigenvalue weighted by atomic mass is 16.5. The van der Waals surface area contributed by atoms with Gasteiger partial charge in [0.15, 0.2) is 5.58 Å². The van der Waals surface area contributed by atoms with Gasteiger partial charge in [-0.05, 0) is 37.9 Å². The predicted octanol–water partition coefficient (Wildman–Crippen LogP) is 2.27. The summed E-state index contributed by atoms with van der Waals surface area (Å²) in [4.78, 5) is 6.77. The molecule has 5 nitrogen and oxygen atoms in total. The molecule has 2 heterocycles. The molecule has 1 aromatic carbocycles. The van der Waals surface area contributed by atoms with Crippen LogP contribution in [-0.2, 0) is 11.3 Å². The lowest BCUT2D eigenvalue weighted by Gasteiger charge is -2.26. The van der Waals surface area contributed by atoms with Gasteiger partial charge >= 0.3 is 0 Å². The first kappa shape index (κ1) is 13.4. The van der Waals surface area contributed by atoms with Gasteiger partial charge in [-0.25, -0.2) is 4.98 Å². The molecule has 20 heavy (non-hydrogen) atoms. The Morgan fingerprint density at radius 1 is 1.35 bits per heavy atom. The van der Waals surface area contributed by atoms with Crippen LogP contribution in [0.15, 0.2) is 22.6 Å². The molecule has 5 heteroatoms. The molecule has 1 saturated heterocycles. The van der Waals surface area contributed by atoms with E-state index in [0.717, 1.165) is 56.1 Å². The first-order chi connectivity index (χ1) is 9.70. The van der Waals surface area contributed by atoms with Gasteiger partial charge in [-0.1, -0.05) is 0 Å². The average Bonchev–Trinajstić information content (AvgIpc) is 2.80. The Labute approximate surface area is 118 Å². The molecule has 0 spiro atoms. The molecule has 0 aliphatic carbocycles. The molecule has 1 fully saturated rings. The third-order valence-corrected chi connectivity index (χ3v) is 3.77. The molecule has 2 aromatic rings. The SMILES string of the molecule is CN(Cc1nc2ccc(N)cc2o1)CC1CCOCC1. The largest absolute Gasteiger partial charge is 0.439 e. The number of nitrogens with zero attached hydrogens (tertiary/aromatic N) is 2. The van der Waals surface area contributed by atoms with Crippen LogP contribution in [0.3, 0.4) is 0 Å². The zero-order valence-electron chi connectivity index (χ0n) is 11.8. The first-order valence-electron chi connectivity index (χ1n) is 7.12. The maximum Gasteiger partial charge on any atom is 0.209 e. The maximum absolute atomic E-state index is 5.75. The normalized spacial score (nSPS) is 17.1. The first-order valence-corrected chi connectivity index (χ1v) is 7.12. The van der Waals surface area contributed by atoms with Crippen molar-refractivity contribution in [2.24, 2.45) is 5.92 Å². The minimum absolute atomic E-state index is 0.704. The van der Waals surface area contributed by atoms with Crippen LogP contribution in [0.4, 0.5) is 5.69 Å². The fourth-order valence-corrected chi connectivity index (χ4v) is 2.72.